The van der Waals surface area contributed by atoms with Crippen LogP contribution in [0.1, 0.15) is 37.3 Å². The van der Waals surface area contributed by atoms with Crippen molar-refractivity contribution >= 4 is 22.7 Å². The van der Waals surface area contributed by atoms with Crippen molar-refractivity contribution in [3.05, 3.63) is 90.3 Å². The average Bonchev–Trinajstić information content (AvgIpc) is 3.21. The minimum absolute atomic E-state index is 0. The first-order chi connectivity index (χ1) is 15.2. The predicted molar refractivity (Wildman–Crippen MR) is 128 cm³/mol. The normalized spacial score (nSPS) is 11.5. The Bertz CT molecular complexity index is 1130. The van der Waals surface area contributed by atoms with Crippen molar-refractivity contribution in [3.63, 3.8) is 0 Å². The molecule has 6 nitrogen and oxygen atoms in total. The number of rotatable bonds is 10. The largest absolute Gasteiger partial charge is 0.493 e. The molecular weight excluding hydrogens is 402 g/mol. The number of nitrogens with zero attached hydrogens (tertiary/aromatic N) is 1. The second-order valence-electron chi connectivity index (χ2n) is 7.36. The Labute approximate surface area is 188 Å². The van der Waals surface area contributed by atoms with E-state index < -0.39 is 5.97 Å². The van der Waals surface area contributed by atoms with Gasteiger partial charge < -0.3 is 20.1 Å². The lowest BCUT2D eigenvalue weighted by Gasteiger charge is -2.15. The Hall–Kier alpha value is -3.80. The quantitative estimate of drug-likeness (QED) is 0.281. The third-order valence-electron chi connectivity index (χ3n) is 5.20. The first kappa shape index (κ1) is 22.9. The van der Waals surface area contributed by atoms with Crippen LogP contribution in [0.4, 0.5) is 5.82 Å². The van der Waals surface area contributed by atoms with Gasteiger partial charge in [-0.2, -0.15) is 0 Å². The summed E-state index contributed by atoms with van der Waals surface area (Å²) in [5.41, 5.74) is 2.91. The molecule has 32 heavy (non-hydrogen) atoms. The van der Waals surface area contributed by atoms with E-state index in [1.165, 1.54) is 0 Å². The summed E-state index contributed by atoms with van der Waals surface area (Å²) >= 11 is 0. The molecule has 0 aliphatic rings. The highest BCUT2D eigenvalue weighted by molar-refractivity contribution is 5.86. The number of carbonyl (C=O) groups is 1. The smallest absolute Gasteiger partial charge is 0.304 e. The topological polar surface area (TPSA) is 87.2 Å². The first-order valence-electron chi connectivity index (χ1n) is 10.4. The Morgan fingerprint density at radius 3 is 2.66 bits per heavy atom. The van der Waals surface area contributed by atoms with Gasteiger partial charge >= 0.3 is 5.97 Å². The summed E-state index contributed by atoms with van der Waals surface area (Å²) < 4.78 is 5.90. The molecule has 0 unspecified atom stereocenters. The van der Waals surface area contributed by atoms with Crippen LogP contribution in [0.3, 0.4) is 0 Å². The molecule has 1 atom stereocenters. The molecule has 0 radical (unpaired) electrons. The zero-order valence-corrected chi connectivity index (χ0v) is 17.1. The molecule has 2 aromatic heterocycles. The lowest BCUT2D eigenvalue weighted by Crippen LogP contribution is -2.08. The second kappa shape index (κ2) is 11.0. The van der Waals surface area contributed by atoms with Gasteiger partial charge in [0, 0.05) is 41.8 Å². The highest BCUT2D eigenvalue weighted by atomic mass is 16.5. The molecule has 166 valence electrons. The van der Waals surface area contributed by atoms with Crippen LogP contribution in [-0.4, -0.2) is 34.2 Å². The molecule has 0 saturated carbocycles. The van der Waals surface area contributed by atoms with Crippen molar-refractivity contribution in [2.24, 2.45) is 0 Å². The van der Waals surface area contributed by atoms with Crippen molar-refractivity contribution in [2.75, 3.05) is 18.5 Å². The monoisotopic (exact) mass is 431 g/mol. The highest BCUT2D eigenvalue weighted by Crippen LogP contribution is 2.34. The third-order valence-corrected chi connectivity index (χ3v) is 5.20. The van der Waals surface area contributed by atoms with Gasteiger partial charge in [-0.3, -0.25) is 4.79 Å². The number of hydrogen-bond donors (Lipinski definition) is 3. The number of H-pyrrole nitrogens is 1. The van der Waals surface area contributed by atoms with E-state index in [2.05, 4.69) is 15.3 Å². The fourth-order valence-corrected chi connectivity index (χ4v) is 3.72. The standard InChI is InChI=1S/C25H25N3O3.CH4/c29-25(30)16-21(18-7-2-1-3-8-18)22-17-28-23-15-19(10-11-20(22)23)31-14-6-13-27-24-9-4-5-12-26-24;/h1-5,7-12,15,17,21,28H,6,13-14,16H2,(H,26,27)(H,29,30);1H4/t21-;/m0./s1. The molecule has 0 saturated heterocycles. The average molecular weight is 432 g/mol. The van der Waals surface area contributed by atoms with Gasteiger partial charge in [0.15, 0.2) is 0 Å². The maximum absolute atomic E-state index is 11.5. The van der Waals surface area contributed by atoms with Crippen LogP contribution in [0.15, 0.2) is 79.1 Å². The number of benzene rings is 2. The molecule has 4 rings (SSSR count). The summed E-state index contributed by atoms with van der Waals surface area (Å²) in [4.78, 5) is 19.0. The fraction of sp³-hybridized carbons (Fsp3) is 0.231. The Kier molecular flexibility index (Phi) is 7.86. The zero-order valence-electron chi connectivity index (χ0n) is 17.1. The molecule has 0 spiro atoms. The van der Waals surface area contributed by atoms with E-state index in [9.17, 15) is 9.90 Å². The van der Waals surface area contributed by atoms with E-state index >= 15 is 0 Å². The number of anilines is 1. The van der Waals surface area contributed by atoms with Crippen molar-refractivity contribution in [1.29, 1.82) is 0 Å². The van der Waals surface area contributed by atoms with Gasteiger partial charge in [0.1, 0.15) is 11.6 Å². The minimum Gasteiger partial charge on any atom is -0.493 e. The number of aliphatic carboxylic acids is 1. The van der Waals surface area contributed by atoms with Crippen LogP contribution < -0.4 is 10.1 Å². The SMILES string of the molecule is C.O=C(O)C[C@@H](c1ccccc1)c1c[nH]c2cc(OCCCNc3ccccn3)ccc12. The van der Waals surface area contributed by atoms with Crippen LogP contribution in [0.5, 0.6) is 5.75 Å². The summed E-state index contributed by atoms with van der Waals surface area (Å²) in [5, 5.41) is 13.7. The van der Waals surface area contributed by atoms with Crippen LogP contribution in [0.25, 0.3) is 10.9 Å². The predicted octanol–water partition coefficient (Wildman–Crippen LogP) is 5.69. The van der Waals surface area contributed by atoms with Gasteiger partial charge in [-0.05, 0) is 41.8 Å². The molecule has 2 aromatic carbocycles. The van der Waals surface area contributed by atoms with Gasteiger partial charge in [0.25, 0.3) is 0 Å². The van der Waals surface area contributed by atoms with E-state index in [0.29, 0.717) is 6.61 Å². The van der Waals surface area contributed by atoms with E-state index in [0.717, 1.165) is 46.6 Å². The number of hydrogen-bond acceptors (Lipinski definition) is 4. The van der Waals surface area contributed by atoms with Gasteiger partial charge in [-0.25, -0.2) is 4.98 Å². The Morgan fingerprint density at radius 1 is 1.09 bits per heavy atom. The summed E-state index contributed by atoms with van der Waals surface area (Å²) in [6, 6.07) is 21.4. The van der Waals surface area contributed by atoms with E-state index in [-0.39, 0.29) is 19.8 Å². The summed E-state index contributed by atoms with van der Waals surface area (Å²) in [5.74, 6) is 0.616. The maximum Gasteiger partial charge on any atom is 0.304 e. The lowest BCUT2D eigenvalue weighted by molar-refractivity contribution is -0.137. The van der Waals surface area contributed by atoms with Crippen LogP contribution in [0.2, 0.25) is 0 Å². The number of fused-ring (bicyclic) bond motifs is 1. The van der Waals surface area contributed by atoms with Gasteiger partial charge in [-0.1, -0.05) is 43.8 Å². The highest BCUT2D eigenvalue weighted by Gasteiger charge is 2.21. The number of pyridine rings is 1. The van der Waals surface area contributed by atoms with Crippen molar-refractivity contribution < 1.29 is 14.6 Å². The minimum atomic E-state index is -0.817. The number of nitrogens with one attached hydrogen (secondary N) is 2. The number of carboxylic acids is 1. The van der Waals surface area contributed by atoms with Gasteiger partial charge in [0.2, 0.25) is 0 Å². The molecule has 0 amide bonds. The molecule has 0 aliphatic heterocycles. The zero-order chi connectivity index (χ0) is 21.5. The maximum atomic E-state index is 11.5. The van der Waals surface area contributed by atoms with E-state index in [1.807, 2.05) is 72.9 Å². The van der Waals surface area contributed by atoms with Crippen LogP contribution >= 0.6 is 0 Å². The Morgan fingerprint density at radius 2 is 1.91 bits per heavy atom. The van der Waals surface area contributed by atoms with Crippen molar-refractivity contribution in [1.82, 2.24) is 9.97 Å². The number of carboxylic acid groups (broad SMARTS) is 1. The molecule has 0 bridgehead atoms. The fourth-order valence-electron chi connectivity index (χ4n) is 3.72. The van der Waals surface area contributed by atoms with E-state index in [1.54, 1.807) is 6.20 Å². The summed E-state index contributed by atoms with van der Waals surface area (Å²) in [7, 11) is 0. The van der Waals surface area contributed by atoms with E-state index in [4.69, 9.17) is 4.74 Å². The number of ether oxygens (including phenoxy) is 1. The molecule has 4 aromatic rings. The molecule has 0 fully saturated rings. The number of aromatic nitrogens is 2. The third kappa shape index (κ3) is 5.66. The number of aromatic amines is 1. The molecule has 6 heteroatoms. The molecule has 3 N–H and O–H groups in total. The summed E-state index contributed by atoms with van der Waals surface area (Å²) in [6.07, 6.45) is 4.56. The summed E-state index contributed by atoms with van der Waals surface area (Å²) in [6.45, 7) is 1.37. The second-order valence-corrected chi connectivity index (χ2v) is 7.36. The van der Waals surface area contributed by atoms with Crippen LogP contribution in [-0.2, 0) is 4.79 Å². The molecular formula is C26H29N3O3. The molecule has 2 heterocycles. The lowest BCUT2D eigenvalue weighted by atomic mass is 9.88. The Balaban J connectivity index is 0.00000289. The van der Waals surface area contributed by atoms with Gasteiger partial charge in [0.05, 0.1) is 13.0 Å². The van der Waals surface area contributed by atoms with Crippen molar-refractivity contribution in [2.45, 2.75) is 26.2 Å². The van der Waals surface area contributed by atoms with Gasteiger partial charge in [-0.15, -0.1) is 0 Å². The van der Waals surface area contributed by atoms with Crippen LogP contribution in [0, 0.1) is 0 Å². The molecule has 0 aliphatic carbocycles. The van der Waals surface area contributed by atoms with Crippen molar-refractivity contribution in [3.8, 4) is 5.75 Å². The first-order valence-corrected chi connectivity index (χ1v) is 10.4.